The highest BCUT2D eigenvalue weighted by Crippen LogP contribution is 2.29. The number of carbonyl (C=O) groups excluding carboxylic acids is 1. The van der Waals surface area contributed by atoms with E-state index >= 15 is 0 Å². The fraction of sp³-hybridized carbons (Fsp3) is 0. The van der Waals surface area contributed by atoms with Gasteiger partial charge in [-0.05, 0) is 35.0 Å². The van der Waals surface area contributed by atoms with Crippen LogP contribution in [0.3, 0.4) is 0 Å². The molecule has 0 heterocycles. The SMILES string of the molecule is NC(=O)c1ccc(N)cc1Oc1ccc2ccccc2c1. The average molecular weight is 278 g/mol. The molecule has 4 nitrogen and oxygen atoms in total. The maximum atomic E-state index is 11.4. The maximum Gasteiger partial charge on any atom is 0.252 e. The monoisotopic (exact) mass is 278 g/mol. The summed E-state index contributed by atoms with van der Waals surface area (Å²) in [6.45, 7) is 0. The largest absolute Gasteiger partial charge is 0.456 e. The Kier molecular flexibility index (Phi) is 3.20. The van der Waals surface area contributed by atoms with Crippen LogP contribution in [0.2, 0.25) is 0 Å². The van der Waals surface area contributed by atoms with E-state index in [1.54, 1.807) is 18.2 Å². The van der Waals surface area contributed by atoms with Crippen molar-refractivity contribution in [2.24, 2.45) is 5.73 Å². The molecule has 0 aliphatic heterocycles. The Labute approximate surface area is 121 Å². The summed E-state index contributed by atoms with van der Waals surface area (Å²) < 4.78 is 5.78. The summed E-state index contributed by atoms with van der Waals surface area (Å²) in [6, 6.07) is 18.4. The lowest BCUT2D eigenvalue weighted by Crippen LogP contribution is -2.12. The first kappa shape index (κ1) is 13.0. The maximum absolute atomic E-state index is 11.4. The van der Waals surface area contributed by atoms with E-state index in [9.17, 15) is 4.79 Å². The van der Waals surface area contributed by atoms with Crippen LogP contribution in [-0.4, -0.2) is 5.91 Å². The molecular weight excluding hydrogens is 264 g/mol. The molecule has 0 atom stereocenters. The molecule has 4 heteroatoms. The van der Waals surface area contributed by atoms with Crippen LogP contribution in [-0.2, 0) is 0 Å². The van der Waals surface area contributed by atoms with Gasteiger partial charge < -0.3 is 16.2 Å². The van der Waals surface area contributed by atoms with Crippen molar-refractivity contribution in [1.29, 1.82) is 0 Å². The minimum Gasteiger partial charge on any atom is -0.456 e. The Morgan fingerprint density at radius 3 is 2.43 bits per heavy atom. The van der Waals surface area contributed by atoms with E-state index in [1.807, 2.05) is 42.5 Å². The molecule has 0 aliphatic carbocycles. The van der Waals surface area contributed by atoms with Crippen molar-refractivity contribution >= 4 is 22.4 Å². The number of primary amides is 1. The van der Waals surface area contributed by atoms with Crippen molar-refractivity contribution < 1.29 is 9.53 Å². The van der Waals surface area contributed by atoms with Crippen LogP contribution in [0.1, 0.15) is 10.4 Å². The van der Waals surface area contributed by atoms with E-state index in [1.165, 1.54) is 0 Å². The summed E-state index contributed by atoms with van der Waals surface area (Å²) in [5.74, 6) is 0.436. The van der Waals surface area contributed by atoms with Crippen LogP contribution in [0, 0.1) is 0 Å². The van der Waals surface area contributed by atoms with Gasteiger partial charge in [0.25, 0.3) is 5.91 Å². The number of benzene rings is 3. The number of rotatable bonds is 3. The fourth-order valence-electron chi connectivity index (χ4n) is 2.18. The molecule has 21 heavy (non-hydrogen) atoms. The number of amides is 1. The third-order valence-corrected chi connectivity index (χ3v) is 3.22. The number of hydrogen-bond acceptors (Lipinski definition) is 3. The highest BCUT2D eigenvalue weighted by molar-refractivity contribution is 5.96. The lowest BCUT2D eigenvalue weighted by molar-refractivity contribution is 0.0998. The van der Waals surface area contributed by atoms with E-state index in [0.29, 0.717) is 22.7 Å². The summed E-state index contributed by atoms with van der Waals surface area (Å²) in [5.41, 5.74) is 11.9. The highest BCUT2D eigenvalue weighted by atomic mass is 16.5. The Balaban J connectivity index is 2.02. The number of hydrogen-bond donors (Lipinski definition) is 2. The minimum atomic E-state index is -0.550. The van der Waals surface area contributed by atoms with E-state index < -0.39 is 5.91 Å². The lowest BCUT2D eigenvalue weighted by atomic mass is 10.1. The fourth-order valence-corrected chi connectivity index (χ4v) is 2.18. The summed E-state index contributed by atoms with van der Waals surface area (Å²) in [4.78, 5) is 11.4. The molecule has 4 N–H and O–H groups in total. The third-order valence-electron chi connectivity index (χ3n) is 3.22. The molecule has 0 aliphatic rings. The van der Waals surface area contributed by atoms with Crippen molar-refractivity contribution in [3.63, 3.8) is 0 Å². The number of carbonyl (C=O) groups is 1. The first-order valence-electron chi connectivity index (χ1n) is 6.49. The summed E-state index contributed by atoms with van der Waals surface area (Å²) >= 11 is 0. The number of ether oxygens (including phenoxy) is 1. The number of nitrogens with two attached hydrogens (primary N) is 2. The molecule has 0 saturated carbocycles. The van der Waals surface area contributed by atoms with E-state index in [-0.39, 0.29) is 0 Å². The van der Waals surface area contributed by atoms with Gasteiger partial charge in [0.1, 0.15) is 11.5 Å². The quantitative estimate of drug-likeness (QED) is 0.721. The number of fused-ring (bicyclic) bond motifs is 1. The number of anilines is 1. The highest BCUT2D eigenvalue weighted by Gasteiger charge is 2.11. The van der Waals surface area contributed by atoms with Crippen LogP contribution in [0.15, 0.2) is 60.7 Å². The Bertz CT molecular complexity index is 828. The molecule has 3 aromatic rings. The van der Waals surface area contributed by atoms with Gasteiger partial charge in [-0.15, -0.1) is 0 Å². The van der Waals surface area contributed by atoms with Gasteiger partial charge in [-0.3, -0.25) is 4.79 Å². The summed E-state index contributed by atoms with van der Waals surface area (Å²) in [5, 5.41) is 2.17. The molecule has 0 bridgehead atoms. The molecule has 104 valence electrons. The topological polar surface area (TPSA) is 78.3 Å². The third kappa shape index (κ3) is 2.65. The van der Waals surface area contributed by atoms with Crippen molar-refractivity contribution in [1.82, 2.24) is 0 Å². The van der Waals surface area contributed by atoms with Crippen molar-refractivity contribution in [3.05, 3.63) is 66.2 Å². The molecular formula is C17H14N2O2. The van der Waals surface area contributed by atoms with Crippen molar-refractivity contribution in [3.8, 4) is 11.5 Å². The molecule has 0 radical (unpaired) electrons. The Morgan fingerprint density at radius 1 is 0.905 bits per heavy atom. The molecule has 1 amide bonds. The standard InChI is InChI=1S/C17H14N2O2/c18-13-6-8-15(17(19)20)16(10-13)21-14-7-5-11-3-1-2-4-12(11)9-14/h1-10H,18H2,(H2,19,20). The van der Waals surface area contributed by atoms with E-state index in [0.717, 1.165) is 10.8 Å². The molecule has 3 aromatic carbocycles. The lowest BCUT2D eigenvalue weighted by Gasteiger charge is -2.10. The Hall–Kier alpha value is -3.01. The zero-order valence-corrected chi connectivity index (χ0v) is 11.2. The molecule has 3 rings (SSSR count). The summed E-state index contributed by atoms with van der Waals surface area (Å²) in [6.07, 6.45) is 0. The van der Waals surface area contributed by atoms with E-state index in [2.05, 4.69) is 0 Å². The van der Waals surface area contributed by atoms with Gasteiger partial charge in [0, 0.05) is 11.8 Å². The minimum absolute atomic E-state index is 0.303. The van der Waals surface area contributed by atoms with Gasteiger partial charge in [0.15, 0.2) is 0 Å². The van der Waals surface area contributed by atoms with Gasteiger partial charge in [-0.1, -0.05) is 30.3 Å². The second-order valence-electron chi connectivity index (χ2n) is 4.73. The molecule has 0 unspecified atom stereocenters. The normalized spacial score (nSPS) is 10.5. The first-order chi connectivity index (χ1) is 10.1. The van der Waals surface area contributed by atoms with Crippen LogP contribution in [0.25, 0.3) is 10.8 Å². The Morgan fingerprint density at radius 2 is 1.67 bits per heavy atom. The van der Waals surface area contributed by atoms with E-state index in [4.69, 9.17) is 16.2 Å². The number of nitrogen functional groups attached to an aromatic ring is 1. The van der Waals surface area contributed by atoms with Gasteiger partial charge in [-0.25, -0.2) is 0 Å². The second kappa shape index (κ2) is 5.17. The van der Waals surface area contributed by atoms with Gasteiger partial charge in [-0.2, -0.15) is 0 Å². The zero-order chi connectivity index (χ0) is 14.8. The predicted molar refractivity (Wildman–Crippen MR) is 83.4 cm³/mol. The predicted octanol–water partition coefficient (Wildman–Crippen LogP) is 3.31. The zero-order valence-electron chi connectivity index (χ0n) is 11.2. The van der Waals surface area contributed by atoms with Crippen LogP contribution < -0.4 is 16.2 Å². The van der Waals surface area contributed by atoms with Crippen molar-refractivity contribution in [2.75, 3.05) is 5.73 Å². The first-order valence-corrected chi connectivity index (χ1v) is 6.49. The van der Waals surface area contributed by atoms with Crippen molar-refractivity contribution in [2.45, 2.75) is 0 Å². The molecule has 0 spiro atoms. The van der Waals surface area contributed by atoms with Crippen LogP contribution >= 0.6 is 0 Å². The van der Waals surface area contributed by atoms with Gasteiger partial charge >= 0.3 is 0 Å². The van der Waals surface area contributed by atoms with Crippen LogP contribution in [0.5, 0.6) is 11.5 Å². The van der Waals surface area contributed by atoms with Gasteiger partial charge in [0.2, 0.25) is 0 Å². The molecule has 0 aromatic heterocycles. The second-order valence-corrected chi connectivity index (χ2v) is 4.73. The summed E-state index contributed by atoms with van der Waals surface area (Å²) in [7, 11) is 0. The molecule has 0 fully saturated rings. The van der Waals surface area contributed by atoms with Gasteiger partial charge in [0.05, 0.1) is 5.56 Å². The smallest absolute Gasteiger partial charge is 0.252 e. The molecule has 0 saturated heterocycles. The average Bonchev–Trinajstić information content (AvgIpc) is 2.47. The van der Waals surface area contributed by atoms with Crippen LogP contribution in [0.4, 0.5) is 5.69 Å².